The molecule has 0 bridgehead atoms. The van der Waals surface area contributed by atoms with Gasteiger partial charge in [0, 0.05) is 5.56 Å². The highest BCUT2D eigenvalue weighted by Gasteiger charge is 2.74. The van der Waals surface area contributed by atoms with Gasteiger partial charge in [-0.2, -0.15) is 52.7 Å². The number of nitrogens with one attached hydrogen (secondary N) is 1. The maximum Gasteiger partial charge on any atom is 0.435 e. The van der Waals surface area contributed by atoms with Crippen LogP contribution >= 0.6 is 0 Å². The first-order chi connectivity index (χ1) is 15.5. The van der Waals surface area contributed by atoms with Crippen molar-refractivity contribution in [2.24, 2.45) is 0 Å². The van der Waals surface area contributed by atoms with E-state index in [4.69, 9.17) is 5.73 Å². The van der Waals surface area contributed by atoms with E-state index < -0.39 is 87.9 Å². The molecule has 0 aliphatic rings. The molecule has 194 valence electrons. The minimum absolute atomic E-state index is 0.551. The number of hydrogen-bond acceptors (Lipinski definition) is 2. The molecule has 1 amide bonds. The maximum atomic E-state index is 14.3. The van der Waals surface area contributed by atoms with Crippen LogP contribution in [-0.2, 0) is 18.0 Å². The van der Waals surface area contributed by atoms with Crippen molar-refractivity contribution < 1.29 is 66.3 Å². The highest BCUT2D eigenvalue weighted by atomic mass is 19.4. The first kappa shape index (κ1) is 28.0. The van der Waals surface area contributed by atoms with E-state index in [0.717, 1.165) is 17.4 Å². The van der Waals surface area contributed by atoms with Gasteiger partial charge in [-0.3, -0.25) is 4.79 Å². The lowest BCUT2D eigenvalue weighted by Gasteiger charge is -2.32. The normalized spacial score (nSPS) is 13.7. The van der Waals surface area contributed by atoms with Gasteiger partial charge >= 0.3 is 30.4 Å². The summed E-state index contributed by atoms with van der Waals surface area (Å²) >= 11 is 0. The summed E-state index contributed by atoms with van der Waals surface area (Å²) in [6.07, 6.45) is -26.4. The van der Waals surface area contributed by atoms with E-state index in [1.54, 1.807) is 0 Å². The molecule has 3 nitrogen and oxygen atoms in total. The quantitative estimate of drug-likeness (QED) is 0.330. The third-order valence-corrected chi connectivity index (χ3v) is 4.44. The summed E-state index contributed by atoms with van der Waals surface area (Å²) in [6.45, 7) is 0. The lowest BCUT2D eigenvalue weighted by molar-refractivity contribution is -0.348. The molecule has 0 saturated heterocycles. The predicted molar refractivity (Wildman–Crippen MR) is 90.1 cm³/mol. The molecule has 2 aromatic carbocycles. The molecule has 0 atom stereocenters. The molecule has 3 N–H and O–H groups in total. The van der Waals surface area contributed by atoms with E-state index in [-0.39, 0.29) is 0 Å². The van der Waals surface area contributed by atoms with Crippen molar-refractivity contribution in [2.75, 3.05) is 11.1 Å². The molecule has 0 saturated carbocycles. The van der Waals surface area contributed by atoms with Crippen molar-refractivity contribution in [1.29, 1.82) is 0 Å². The molecule has 0 radical (unpaired) electrons. The Morgan fingerprint density at radius 3 is 1.54 bits per heavy atom. The van der Waals surface area contributed by atoms with Crippen molar-refractivity contribution >= 4 is 17.3 Å². The Balaban J connectivity index is 2.93. The average Bonchev–Trinajstić information content (AvgIpc) is 2.65. The molecule has 2 aromatic rings. The summed E-state index contributed by atoms with van der Waals surface area (Å²) in [4.78, 5) is 12.2. The fourth-order valence-electron chi connectivity index (χ4n) is 2.82. The molecular weight excluding hydrogens is 526 g/mol. The van der Waals surface area contributed by atoms with Gasteiger partial charge in [0.2, 0.25) is 0 Å². The molecular formula is C18H8F14N2O. The van der Waals surface area contributed by atoms with Crippen LogP contribution in [0.2, 0.25) is 0 Å². The van der Waals surface area contributed by atoms with Gasteiger partial charge in [-0.25, -0.2) is 8.78 Å². The summed E-state index contributed by atoms with van der Waals surface area (Å²) in [5, 5.41) is 0.973. The van der Waals surface area contributed by atoms with E-state index in [1.807, 2.05) is 0 Å². The molecule has 17 heteroatoms. The van der Waals surface area contributed by atoms with Crippen molar-refractivity contribution in [1.82, 2.24) is 0 Å². The number of nitrogen functional groups attached to an aromatic ring is 1. The maximum absolute atomic E-state index is 14.3. The number of nitrogens with two attached hydrogens (primary N) is 1. The van der Waals surface area contributed by atoms with Crippen molar-refractivity contribution in [2.45, 2.75) is 30.4 Å². The first-order valence-electron chi connectivity index (χ1n) is 8.54. The molecule has 2 rings (SSSR count). The highest BCUT2D eigenvalue weighted by molar-refractivity contribution is 6.06. The number of alkyl halides is 13. The van der Waals surface area contributed by atoms with Crippen molar-refractivity contribution in [3.05, 3.63) is 58.4 Å². The molecule has 0 fully saturated rings. The van der Waals surface area contributed by atoms with Gasteiger partial charge in [0.1, 0.15) is 0 Å². The van der Waals surface area contributed by atoms with Crippen molar-refractivity contribution in [3.63, 3.8) is 0 Å². The topological polar surface area (TPSA) is 55.1 Å². The van der Waals surface area contributed by atoms with E-state index in [0.29, 0.717) is 6.07 Å². The van der Waals surface area contributed by atoms with Crippen LogP contribution in [0.5, 0.6) is 0 Å². The Labute approximate surface area is 184 Å². The minimum atomic E-state index is -7.05. The van der Waals surface area contributed by atoms with Crippen LogP contribution < -0.4 is 11.1 Å². The number of anilines is 2. The average molecular weight is 534 g/mol. The predicted octanol–water partition coefficient (Wildman–Crippen LogP) is 6.99. The van der Waals surface area contributed by atoms with Gasteiger partial charge in [0.15, 0.2) is 5.82 Å². The molecule has 0 aliphatic carbocycles. The molecule has 0 heterocycles. The number of benzene rings is 2. The lowest BCUT2D eigenvalue weighted by atomic mass is 9.89. The lowest BCUT2D eigenvalue weighted by Crippen LogP contribution is -2.50. The van der Waals surface area contributed by atoms with Crippen LogP contribution in [0.4, 0.5) is 72.8 Å². The largest absolute Gasteiger partial charge is 0.435 e. The van der Waals surface area contributed by atoms with Crippen LogP contribution in [0.15, 0.2) is 30.3 Å². The number of hydrogen-bond donors (Lipinski definition) is 2. The van der Waals surface area contributed by atoms with Crippen LogP contribution in [0.3, 0.4) is 0 Å². The van der Waals surface area contributed by atoms with Crippen LogP contribution in [0.25, 0.3) is 0 Å². The van der Waals surface area contributed by atoms with Gasteiger partial charge in [0.05, 0.1) is 28.1 Å². The molecule has 0 spiro atoms. The molecule has 0 unspecified atom stereocenters. The Morgan fingerprint density at radius 2 is 1.17 bits per heavy atom. The number of amides is 1. The third kappa shape index (κ3) is 5.07. The number of carbonyl (C=O) groups is 1. The van der Waals surface area contributed by atoms with E-state index in [9.17, 15) is 66.3 Å². The van der Waals surface area contributed by atoms with E-state index in [2.05, 4.69) is 0 Å². The minimum Gasteiger partial charge on any atom is -0.396 e. The van der Waals surface area contributed by atoms with E-state index in [1.165, 1.54) is 0 Å². The Hall–Kier alpha value is -3.27. The van der Waals surface area contributed by atoms with E-state index >= 15 is 0 Å². The molecule has 0 aromatic heterocycles. The number of carbonyl (C=O) groups excluding carboxylic acids is 1. The Bertz CT molecular complexity index is 1080. The first-order valence-corrected chi connectivity index (χ1v) is 8.54. The molecule has 0 aliphatic heterocycles. The fraction of sp³-hybridized carbons (Fsp3) is 0.278. The fourth-order valence-corrected chi connectivity index (χ4v) is 2.82. The zero-order valence-electron chi connectivity index (χ0n) is 16.2. The van der Waals surface area contributed by atoms with Crippen molar-refractivity contribution in [3.8, 4) is 0 Å². The van der Waals surface area contributed by atoms with Crippen LogP contribution in [-0.4, -0.2) is 18.3 Å². The molecule has 35 heavy (non-hydrogen) atoms. The summed E-state index contributed by atoms with van der Waals surface area (Å²) < 4.78 is 187. The number of halogens is 14. The van der Waals surface area contributed by atoms with Gasteiger partial charge in [-0.15, -0.1) is 0 Å². The Kier molecular flexibility index (Phi) is 6.74. The number of rotatable bonds is 3. The van der Waals surface area contributed by atoms with Gasteiger partial charge in [0.25, 0.3) is 5.91 Å². The summed E-state index contributed by atoms with van der Waals surface area (Å²) in [6, 6.07) is -0.104. The van der Waals surface area contributed by atoms with Gasteiger partial charge in [-0.05, 0) is 24.3 Å². The summed E-state index contributed by atoms with van der Waals surface area (Å²) in [7, 11) is 0. The highest BCUT2D eigenvalue weighted by Crippen LogP contribution is 2.55. The SMILES string of the molecule is Nc1cccc(C(=O)Nc2c(C(F)(F)F)cc(C(F)(C(F)(F)F)C(F)(F)F)cc2C(F)(F)F)c1F. The summed E-state index contributed by atoms with van der Waals surface area (Å²) in [5.74, 6) is -3.64. The second-order valence-electron chi connectivity index (χ2n) is 6.76. The second-order valence-corrected chi connectivity index (χ2v) is 6.76. The second kappa shape index (κ2) is 8.44. The van der Waals surface area contributed by atoms with Gasteiger partial charge in [-0.1, -0.05) is 6.07 Å². The Morgan fingerprint density at radius 1 is 0.743 bits per heavy atom. The monoisotopic (exact) mass is 534 g/mol. The summed E-state index contributed by atoms with van der Waals surface area (Å²) in [5.41, 5.74) is -14.9. The zero-order valence-corrected chi connectivity index (χ0v) is 16.2. The zero-order chi connectivity index (χ0) is 27.4. The van der Waals surface area contributed by atoms with Crippen LogP contribution in [0, 0.1) is 5.82 Å². The smallest absolute Gasteiger partial charge is 0.396 e. The van der Waals surface area contributed by atoms with Gasteiger partial charge < -0.3 is 11.1 Å². The third-order valence-electron chi connectivity index (χ3n) is 4.44. The van der Waals surface area contributed by atoms with Crippen LogP contribution in [0.1, 0.15) is 27.0 Å². The standard InChI is InChI=1S/C18H8F14N2O/c19-11-7(2-1-3-10(11)33)13(35)34-12-8(15(21,22)23)4-6(5-9(12)16(24,25)26)14(20,17(27,28)29)18(30,31)32/h1-5H,33H2,(H,34,35).